The van der Waals surface area contributed by atoms with Crippen LogP contribution in [0.1, 0.15) is 23.7 Å². The number of hydrogen-bond acceptors (Lipinski definition) is 3. The van der Waals surface area contributed by atoms with Crippen LogP contribution < -0.4 is 10.6 Å². The van der Waals surface area contributed by atoms with Gasteiger partial charge in [-0.1, -0.05) is 54.1 Å². The molecule has 0 bridgehead atoms. The highest BCUT2D eigenvalue weighted by Crippen LogP contribution is 2.26. The quantitative estimate of drug-likeness (QED) is 0.485. The van der Waals surface area contributed by atoms with E-state index >= 15 is 0 Å². The molecule has 0 spiro atoms. The number of nitrogens with one attached hydrogen (secondary N) is 1. The maximum Gasteiger partial charge on any atom is 0.280 e. The van der Waals surface area contributed by atoms with Gasteiger partial charge in [0.25, 0.3) is 11.5 Å². The lowest BCUT2D eigenvalue weighted by Crippen LogP contribution is -2.22. The molecule has 0 fully saturated rings. The van der Waals surface area contributed by atoms with Gasteiger partial charge >= 0.3 is 0 Å². The van der Waals surface area contributed by atoms with Crippen molar-refractivity contribution in [2.24, 2.45) is 5.10 Å². The SMILES string of the molecule is CC1=NN(c2ccc(C)cc2)C(=O)C1=Cc1c(C)[nH]n(-c2cccc3ccccc23)c1=O. The van der Waals surface area contributed by atoms with E-state index in [0.717, 1.165) is 22.0 Å². The normalized spacial score (nSPS) is 15.1. The van der Waals surface area contributed by atoms with E-state index in [-0.39, 0.29) is 11.5 Å². The van der Waals surface area contributed by atoms with E-state index in [2.05, 4.69) is 10.2 Å². The van der Waals surface area contributed by atoms with Crippen LogP contribution in [0, 0.1) is 13.8 Å². The minimum Gasteiger partial charge on any atom is -0.295 e. The van der Waals surface area contributed by atoms with Crippen LogP contribution >= 0.6 is 0 Å². The number of hydrazone groups is 1. The molecule has 0 saturated carbocycles. The van der Waals surface area contributed by atoms with Crippen LogP contribution in [0.25, 0.3) is 22.5 Å². The molecule has 1 amide bonds. The van der Waals surface area contributed by atoms with Crippen LogP contribution in [0.15, 0.2) is 82.2 Å². The number of aromatic nitrogens is 2. The smallest absolute Gasteiger partial charge is 0.280 e. The number of carbonyl (C=O) groups is 1. The number of nitrogens with zero attached hydrogens (tertiary/aromatic N) is 3. The molecule has 4 aromatic rings. The Hall–Kier alpha value is -4.19. The molecule has 2 heterocycles. The topological polar surface area (TPSA) is 70.5 Å². The zero-order chi connectivity index (χ0) is 22.4. The summed E-state index contributed by atoms with van der Waals surface area (Å²) in [6.07, 6.45) is 1.64. The van der Waals surface area contributed by atoms with Crippen LogP contribution in [0.2, 0.25) is 0 Å². The summed E-state index contributed by atoms with van der Waals surface area (Å²) in [6.45, 7) is 5.60. The lowest BCUT2D eigenvalue weighted by molar-refractivity contribution is -0.114. The summed E-state index contributed by atoms with van der Waals surface area (Å²) >= 11 is 0. The van der Waals surface area contributed by atoms with Gasteiger partial charge in [-0.3, -0.25) is 14.7 Å². The van der Waals surface area contributed by atoms with Crippen molar-refractivity contribution in [1.29, 1.82) is 0 Å². The molecule has 0 atom stereocenters. The van der Waals surface area contributed by atoms with Gasteiger partial charge in [-0.25, -0.2) is 4.68 Å². The molecular formula is C26H22N4O2. The van der Waals surface area contributed by atoms with Crippen LogP contribution in [0.5, 0.6) is 0 Å². The number of benzene rings is 3. The number of aromatic amines is 1. The summed E-state index contributed by atoms with van der Waals surface area (Å²) in [7, 11) is 0. The van der Waals surface area contributed by atoms with Gasteiger partial charge in [0.05, 0.1) is 28.2 Å². The second kappa shape index (κ2) is 7.50. The molecule has 0 radical (unpaired) electrons. The fourth-order valence-corrected chi connectivity index (χ4v) is 3.99. The third kappa shape index (κ3) is 3.17. The van der Waals surface area contributed by atoms with E-state index in [4.69, 9.17) is 0 Å². The first-order valence-corrected chi connectivity index (χ1v) is 10.4. The molecule has 5 rings (SSSR count). The van der Waals surface area contributed by atoms with Gasteiger partial charge in [-0.2, -0.15) is 10.1 Å². The van der Waals surface area contributed by atoms with Crippen molar-refractivity contribution in [2.45, 2.75) is 20.8 Å². The highest BCUT2D eigenvalue weighted by atomic mass is 16.2. The van der Waals surface area contributed by atoms with Gasteiger partial charge in [0.2, 0.25) is 0 Å². The minimum atomic E-state index is -0.247. The van der Waals surface area contributed by atoms with E-state index in [9.17, 15) is 9.59 Å². The van der Waals surface area contributed by atoms with Crippen molar-refractivity contribution in [3.8, 4) is 5.69 Å². The lowest BCUT2D eigenvalue weighted by atomic mass is 10.1. The molecular weight excluding hydrogens is 400 g/mol. The Morgan fingerprint density at radius 2 is 1.59 bits per heavy atom. The first kappa shape index (κ1) is 19.8. The van der Waals surface area contributed by atoms with Crippen molar-refractivity contribution in [3.05, 3.63) is 99.5 Å². The number of fused-ring (bicyclic) bond motifs is 1. The average molecular weight is 422 g/mol. The van der Waals surface area contributed by atoms with E-state index < -0.39 is 0 Å². The highest BCUT2D eigenvalue weighted by molar-refractivity contribution is 6.32. The second-order valence-corrected chi connectivity index (χ2v) is 7.99. The molecule has 0 aliphatic carbocycles. The second-order valence-electron chi connectivity index (χ2n) is 7.99. The van der Waals surface area contributed by atoms with Crippen LogP contribution in [0.3, 0.4) is 0 Å². The summed E-state index contributed by atoms with van der Waals surface area (Å²) in [6, 6.07) is 21.4. The van der Waals surface area contributed by atoms with Crippen LogP contribution in [-0.4, -0.2) is 21.4 Å². The summed E-state index contributed by atoms with van der Waals surface area (Å²) in [5.74, 6) is -0.247. The first-order chi connectivity index (χ1) is 15.4. The van der Waals surface area contributed by atoms with Crippen molar-refractivity contribution < 1.29 is 4.79 Å². The van der Waals surface area contributed by atoms with E-state index in [1.165, 1.54) is 9.69 Å². The number of hydrogen-bond donors (Lipinski definition) is 1. The van der Waals surface area contributed by atoms with Crippen LogP contribution in [0.4, 0.5) is 5.69 Å². The zero-order valence-electron chi connectivity index (χ0n) is 18.1. The third-order valence-electron chi connectivity index (χ3n) is 5.75. The Bertz CT molecular complexity index is 1480. The number of anilines is 1. The molecule has 32 heavy (non-hydrogen) atoms. The van der Waals surface area contributed by atoms with Crippen molar-refractivity contribution in [1.82, 2.24) is 9.78 Å². The maximum atomic E-state index is 13.3. The summed E-state index contributed by atoms with van der Waals surface area (Å²) < 4.78 is 1.54. The van der Waals surface area contributed by atoms with Gasteiger partial charge in [0.1, 0.15) is 0 Å². The number of rotatable bonds is 3. The fourth-order valence-electron chi connectivity index (χ4n) is 3.99. The fraction of sp³-hybridized carbons (Fsp3) is 0.115. The molecule has 6 nitrogen and oxygen atoms in total. The monoisotopic (exact) mass is 422 g/mol. The van der Waals surface area contributed by atoms with E-state index in [1.54, 1.807) is 13.0 Å². The lowest BCUT2D eigenvalue weighted by Gasteiger charge is -2.11. The van der Waals surface area contributed by atoms with Crippen molar-refractivity contribution in [2.75, 3.05) is 5.01 Å². The Kier molecular flexibility index (Phi) is 4.63. The Morgan fingerprint density at radius 1 is 0.875 bits per heavy atom. The zero-order valence-corrected chi connectivity index (χ0v) is 18.1. The molecule has 1 aliphatic rings. The predicted molar refractivity (Wildman–Crippen MR) is 128 cm³/mol. The number of carbonyl (C=O) groups excluding carboxylic acids is 1. The van der Waals surface area contributed by atoms with Gasteiger partial charge in [-0.05, 0) is 50.4 Å². The van der Waals surface area contributed by atoms with Gasteiger partial charge in [-0.15, -0.1) is 0 Å². The van der Waals surface area contributed by atoms with Crippen LogP contribution in [-0.2, 0) is 4.79 Å². The number of amides is 1. The summed E-state index contributed by atoms with van der Waals surface area (Å²) in [5, 5.41) is 11.0. The first-order valence-electron chi connectivity index (χ1n) is 10.4. The minimum absolute atomic E-state index is 0.208. The standard InChI is InChI=1S/C26H22N4O2/c1-16-11-13-20(14-12-16)29-25(31)22(17(2)27-29)15-23-18(3)28-30(26(23)32)24-10-6-8-19-7-4-5-9-21(19)24/h4-15,28H,1-3H3. The molecule has 0 saturated heterocycles. The van der Waals surface area contributed by atoms with Crippen molar-refractivity contribution >= 4 is 34.2 Å². The highest BCUT2D eigenvalue weighted by Gasteiger charge is 2.29. The van der Waals surface area contributed by atoms with E-state index in [0.29, 0.717) is 28.2 Å². The molecule has 158 valence electrons. The summed E-state index contributed by atoms with van der Waals surface area (Å²) in [4.78, 5) is 26.5. The van der Waals surface area contributed by atoms with Crippen molar-refractivity contribution in [3.63, 3.8) is 0 Å². The average Bonchev–Trinajstić information content (AvgIpc) is 3.24. The Labute approximate surface area is 185 Å². The van der Waals surface area contributed by atoms with Gasteiger partial charge in [0.15, 0.2) is 0 Å². The predicted octanol–water partition coefficient (Wildman–Crippen LogP) is 4.74. The molecule has 6 heteroatoms. The molecule has 1 aromatic heterocycles. The third-order valence-corrected chi connectivity index (χ3v) is 5.75. The Morgan fingerprint density at radius 3 is 2.38 bits per heavy atom. The Balaban J connectivity index is 1.58. The molecule has 0 unspecified atom stereocenters. The van der Waals surface area contributed by atoms with Gasteiger partial charge in [0, 0.05) is 11.1 Å². The van der Waals surface area contributed by atoms with E-state index in [1.807, 2.05) is 80.6 Å². The molecule has 1 aliphatic heterocycles. The van der Waals surface area contributed by atoms with Gasteiger partial charge < -0.3 is 0 Å². The summed E-state index contributed by atoms with van der Waals surface area (Å²) in [5.41, 5.74) is 4.48. The number of H-pyrrole nitrogens is 1. The maximum absolute atomic E-state index is 13.3. The molecule has 3 aromatic carbocycles. The largest absolute Gasteiger partial charge is 0.295 e. The number of aryl methyl sites for hydroxylation is 2. The molecule has 1 N–H and O–H groups in total.